The standard InChI is InChI=1S/C15H24ClN5/c1-6-7-17-8-13-10(2)19-21(12(13)4)9-14-11(3)18-20(5)15(14)16/h17H,6-9H2,1-5H3. The van der Waals surface area contributed by atoms with Gasteiger partial charge < -0.3 is 5.32 Å². The second-order valence-corrected chi connectivity index (χ2v) is 5.82. The summed E-state index contributed by atoms with van der Waals surface area (Å²) in [6, 6.07) is 0. The molecule has 1 N–H and O–H groups in total. The maximum absolute atomic E-state index is 6.31. The molecule has 116 valence electrons. The Bertz CT molecular complexity index is 627. The van der Waals surface area contributed by atoms with Crippen LogP contribution in [-0.2, 0) is 20.1 Å². The third-order valence-corrected chi connectivity index (χ3v) is 4.31. The molecule has 2 rings (SSSR count). The summed E-state index contributed by atoms with van der Waals surface area (Å²) in [4.78, 5) is 0. The normalized spacial score (nSPS) is 11.3. The maximum atomic E-state index is 6.31. The Labute approximate surface area is 131 Å². The molecule has 0 unspecified atom stereocenters. The second kappa shape index (κ2) is 6.62. The molecular weight excluding hydrogens is 286 g/mol. The second-order valence-electron chi connectivity index (χ2n) is 5.46. The van der Waals surface area contributed by atoms with Crippen LogP contribution >= 0.6 is 11.6 Å². The van der Waals surface area contributed by atoms with E-state index >= 15 is 0 Å². The summed E-state index contributed by atoms with van der Waals surface area (Å²) in [5.41, 5.74) is 5.55. The molecule has 6 heteroatoms. The first kappa shape index (κ1) is 16.0. The van der Waals surface area contributed by atoms with Crippen LogP contribution in [0.1, 0.15) is 41.6 Å². The minimum atomic E-state index is 0.666. The van der Waals surface area contributed by atoms with E-state index in [0.717, 1.165) is 36.5 Å². The Kier molecular flexibility index (Phi) is 5.06. The zero-order valence-electron chi connectivity index (χ0n) is 13.5. The fourth-order valence-corrected chi connectivity index (χ4v) is 2.77. The highest BCUT2D eigenvalue weighted by Gasteiger charge is 2.16. The van der Waals surface area contributed by atoms with Crippen molar-refractivity contribution in [3.8, 4) is 0 Å². The van der Waals surface area contributed by atoms with Crippen LogP contribution in [0.25, 0.3) is 0 Å². The van der Waals surface area contributed by atoms with Gasteiger partial charge in [-0.2, -0.15) is 10.2 Å². The molecular formula is C15H24ClN5. The van der Waals surface area contributed by atoms with Crippen molar-refractivity contribution in [3.63, 3.8) is 0 Å². The molecule has 0 amide bonds. The van der Waals surface area contributed by atoms with E-state index in [0.29, 0.717) is 11.7 Å². The van der Waals surface area contributed by atoms with Gasteiger partial charge >= 0.3 is 0 Å². The molecule has 0 saturated heterocycles. The van der Waals surface area contributed by atoms with E-state index in [4.69, 9.17) is 11.6 Å². The lowest BCUT2D eigenvalue weighted by Gasteiger charge is -2.06. The molecule has 0 aliphatic heterocycles. The Hall–Kier alpha value is -1.33. The number of aryl methyl sites for hydroxylation is 3. The Morgan fingerprint density at radius 2 is 1.76 bits per heavy atom. The van der Waals surface area contributed by atoms with Crippen LogP contribution in [0.15, 0.2) is 0 Å². The van der Waals surface area contributed by atoms with E-state index in [-0.39, 0.29) is 0 Å². The van der Waals surface area contributed by atoms with E-state index in [1.165, 1.54) is 11.3 Å². The van der Waals surface area contributed by atoms with Gasteiger partial charge in [-0.05, 0) is 33.7 Å². The molecule has 0 saturated carbocycles. The molecule has 2 heterocycles. The first-order valence-corrected chi connectivity index (χ1v) is 7.75. The molecule has 2 aromatic rings. The van der Waals surface area contributed by atoms with Gasteiger partial charge in [-0.3, -0.25) is 9.36 Å². The molecule has 0 bridgehead atoms. The summed E-state index contributed by atoms with van der Waals surface area (Å²) in [6.45, 7) is 10.9. The number of hydrogen-bond acceptors (Lipinski definition) is 3. The molecule has 0 aliphatic carbocycles. The number of rotatable bonds is 6. The van der Waals surface area contributed by atoms with Gasteiger partial charge in [-0.1, -0.05) is 18.5 Å². The molecule has 2 aromatic heterocycles. The van der Waals surface area contributed by atoms with Crippen molar-refractivity contribution in [1.29, 1.82) is 0 Å². The lowest BCUT2D eigenvalue weighted by Crippen LogP contribution is -2.15. The monoisotopic (exact) mass is 309 g/mol. The predicted octanol–water partition coefficient (Wildman–Crippen LogP) is 2.74. The zero-order chi connectivity index (χ0) is 15.6. The van der Waals surface area contributed by atoms with Gasteiger partial charge in [0.05, 0.1) is 17.9 Å². The number of nitrogens with one attached hydrogen (secondary N) is 1. The average Bonchev–Trinajstić information content (AvgIpc) is 2.83. The topological polar surface area (TPSA) is 47.7 Å². The summed E-state index contributed by atoms with van der Waals surface area (Å²) in [5, 5.41) is 13.1. The summed E-state index contributed by atoms with van der Waals surface area (Å²) < 4.78 is 3.73. The van der Waals surface area contributed by atoms with Gasteiger partial charge in [0.15, 0.2) is 0 Å². The fourth-order valence-electron chi connectivity index (χ4n) is 2.54. The number of nitrogens with zero attached hydrogens (tertiary/aromatic N) is 4. The van der Waals surface area contributed by atoms with Crippen LogP contribution in [0.3, 0.4) is 0 Å². The third kappa shape index (κ3) is 3.30. The predicted molar refractivity (Wildman–Crippen MR) is 85.8 cm³/mol. The first-order chi connectivity index (χ1) is 9.95. The van der Waals surface area contributed by atoms with Crippen molar-refractivity contribution < 1.29 is 0 Å². The van der Waals surface area contributed by atoms with E-state index in [1.807, 2.05) is 18.7 Å². The minimum absolute atomic E-state index is 0.666. The van der Waals surface area contributed by atoms with E-state index in [1.54, 1.807) is 4.68 Å². The van der Waals surface area contributed by atoms with Crippen molar-refractivity contribution in [1.82, 2.24) is 24.9 Å². The lowest BCUT2D eigenvalue weighted by atomic mass is 10.2. The van der Waals surface area contributed by atoms with Crippen LogP contribution in [0.2, 0.25) is 5.15 Å². The quantitative estimate of drug-likeness (QED) is 0.835. The third-order valence-electron chi connectivity index (χ3n) is 3.84. The highest BCUT2D eigenvalue weighted by Crippen LogP contribution is 2.21. The summed E-state index contributed by atoms with van der Waals surface area (Å²) in [7, 11) is 1.86. The molecule has 0 aromatic carbocycles. The fraction of sp³-hybridized carbons (Fsp3) is 0.600. The van der Waals surface area contributed by atoms with Gasteiger partial charge in [-0.25, -0.2) is 0 Å². The number of hydrogen-bond donors (Lipinski definition) is 1. The van der Waals surface area contributed by atoms with Gasteiger partial charge in [-0.15, -0.1) is 0 Å². The first-order valence-electron chi connectivity index (χ1n) is 7.37. The molecule has 0 spiro atoms. The Morgan fingerprint density at radius 1 is 1.10 bits per heavy atom. The van der Waals surface area contributed by atoms with Crippen LogP contribution in [0.5, 0.6) is 0 Å². The average molecular weight is 310 g/mol. The summed E-state index contributed by atoms with van der Waals surface area (Å²) >= 11 is 6.31. The molecule has 21 heavy (non-hydrogen) atoms. The molecule has 5 nitrogen and oxygen atoms in total. The Morgan fingerprint density at radius 3 is 2.33 bits per heavy atom. The van der Waals surface area contributed by atoms with Crippen molar-refractivity contribution in [3.05, 3.63) is 33.4 Å². The van der Waals surface area contributed by atoms with E-state index in [2.05, 4.69) is 36.3 Å². The van der Waals surface area contributed by atoms with Crippen molar-refractivity contribution in [2.75, 3.05) is 6.54 Å². The highest BCUT2D eigenvalue weighted by molar-refractivity contribution is 6.30. The van der Waals surface area contributed by atoms with Gasteiger partial charge in [0, 0.05) is 30.4 Å². The van der Waals surface area contributed by atoms with Crippen molar-refractivity contribution >= 4 is 11.6 Å². The maximum Gasteiger partial charge on any atom is 0.132 e. The van der Waals surface area contributed by atoms with Crippen LogP contribution in [-0.4, -0.2) is 26.1 Å². The number of halogens is 1. The van der Waals surface area contributed by atoms with E-state index in [9.17, 15) is 0 Å². The molecule has 0 fully saturated rings. The molecule has 0 aliphatic rings. The smallest absolute Gasteiger partial charge is 0.132 e. The largest absolute Gasteiger partial charge is 0.313 e. The highest BCUT2D eigenvalue weighted by atomic mass is 35.5. The van der Waals surface area contributed by atoms with E-state index < -0.39 is 0 Å². The summed E-state index contributed by atoms with van der Waals surface area (Å²) in [5.74, 6) is 0. The lowest BCUT2D eigenvalue weighted by molar-refractivity contribution is 0.648. The van der Waals surface area contributed by atoms with Crippen LogP contribution < -0.4 is 5.32 Å². The van der Waals surface area contributed by atoms with Gasteiger partial charge in [0.1, 0.15) is 5.15 Å². The van der Waals surface area contributed by atoms with Gasteiger partial charge in [0.25, 0.3) is 0 Å². The molecule has 0 atom stereocenters. The Balaban J connectivity index is 2.23. The molecule has 0 radical (unpaired) electrons. The van der Waals surface area contributed by atoms with Crippen molar-refractivity contribution in [2.45, 2.75) is 47.2 Å². The SMILES string of the molecule is CCCNCc1c(C)nn(Cc2c(C)nn(C)c2Cl)c1C. The van der Waals surface area contributed by atoms with Gasteiger partial charge in [0.2, 0.25) is 0 Å². The summed E-state index contributed by atoms with van der Waals surface area (Å²) in [6.07, 6.45) is 1.14. The minimum Gasteiger partial charge on any atom is -0.313 e. The zero-order valence-corrected chi connectivity index (χ0v) is 14.3. The van der Waals surface area contributed by atoms with Crippen LogP contribution in [0.4, 0.5) is 0 Å². The number of aromatic nitrogens is 4. The van der Waals surface area contributed by atoms with Crippen molar-refractivity contribution in [2.24, 2.45) is 7.05 Å². The van der Waals surface area contributed by atoms with Crippen LogP contribution in [0, 0.1) is 20.8 Å².